The first-order valence-electron chi connectivity index (χ1n) is 8.69. The Labute approximate surface area is 149 Å². The predicted molar refractivity (Wildman–Crippen MR) is 103 cm³/mol. The Morgan fingerprint density at radius 3 is 2.92 bits per heavy atom. The number of hydrogen-bond donors (Lipinski definition) is 1. The number of ether oxygens (including phenoxy) is 1. The van der Waals surface area contributed by atoms with Gasteiger partial charge in [-0.3, -0.25) is 0 Å². The Bertz CT molecular complexity index is 816. The van der Waals surface area contributed by atoms with Gasteiger partial charge >= 0.3 is 0 Å². The predicted octanol–water partition coefficient (Wildman–Crippen LogP) is 4.95. The van der Waals surface area contributed by atoms with Crippen LogP contribution < -0.4 is 5.32 Å². The van der Waals surface area contributed by atoms with E-state index in [4.69, 9.17) is 9.84 Å². The number of nitrogens with one attached hydrogen (secondary N) is 1. The molecule has 1 aromatic heterocycles. The third kappa shape index (κ3) is 3.68. The van der Waals surface area contributed by atoms with Crippen LogP contribution in [0.25, 0.3) is 5.69 Å². The van der Waals surface area contributed by atoms with Crippen LogP contribution in [-0.4, -0.2) is 16.4 Å². The van der Waals surface area contributed by atoms with Gasteiger partial charge in [0.15, 0.2) is 5.82 Å². The van der Waals surface area contributed by atoms with Crippen molar-refractivity contribution in [2.24, 2.45) is 5.92 Å². The molecule has 1 aliphatic carbocycles. The first-order chi connectivity index (χ1) is 12.1. The lowest BCUT2D eigenvalue weighted by Gasteiger charge is -2.24. The van der Waals surface area contributed by atoms with E-state index in [1.165, 1.54) is 5.56 Å². The maximum atomic E-state index is 5.71. The second-order valence-electron chi connectivity index (χ2n) is 6.30. The van der Waals surface area contributed by atoms with E-state index in [0.717, 1.165) is 23.0 Å². The molecule has 3 rings (SSSR count). The molecule has 0 amide bonds. The molecule has 2 aromatic rings. The fourth-order valence-electron chi connectivity index (χ4n) is 3.14. The number of rotatable bonds is 6. The Morgan fingerprint density at radius 2 is 2.20 bits per heavy atom. The van der Waals surface area contributed by atoms with Crippen molar-refractivity contribution in [3.8, 4) is 5.69 Å². The maximum absolute atomic E-state index is 5.71. The highest BCUT2D eigenvalue weighted by atomic mass is 16.5. The molecule has 0 spiro atoms. The molecule has 0 aliphatic heterocycles. The lowest BCUT2D eigenvalue weighted by atomic mass is 9.86. The van der Waals surface area contributed by atoms with Gasteiger partial charge in [0, 0.05) is 12.0 Å². The van der Waals surface area contributed by atoms with Crippen LogP contribution in [0.5, 0.6) is 0 Å². The quantitative estimate of drug-likeness (QED) is 0.812. The molecule has 0 radical (unpaired) electrons. The number of benzene rings is 1. The normalized spacial score (nSPS) is 19.4. The minimum absolute atomic E-state index is 0.194. The van der Waals surface area contributed by atoms with Gasteiger partial charge in [0.05, 0.1) is 18.0 Å². The van der Waals surface area contributed by atoms with E-state index in [2.05, 4.69) is 74.3 Å². The van der Waals surface area contributed by atoms with Crippen LogP contribution in [-0.2, 0) is 4.74 Å². The van der Waals surface area contributed by atoms with Crippen molar-refractivity contribution in [1.29, 1.82) is 0 Å². The molecule has 1 aliphatic rings. The van der Waals surface area contributed by atoms with Crippen molar-refractivity contribution < 1.29 is 4.74 Å². The third-order valence-corrected chi connectivity index (χ3v) is 4.36. The molecule has 1 heterocycles. The number of aryl methyl sites for hydroxylation is 1. The summed E-state index contributed by atoms with van der Waals surface area (Å²) in [6.45, 7) is 10.7. The number of anilines is 1. The molecule has 0 saturated carbocycles. The van der Waals surface area contributed by atoms with Crippen LogP contribution in [0.4, 0.5) is 5.82 Å². The molecule has 2 unspecified atom stereocenters. The van der Waals surface area contributed by atoms with Crippen LogP contribution in [0.3, 0.4) is 0 Å². The molecule has 0 fully saturated rings. The summed E-state index contributed by atoms with van der Waals surface area (Å²) < 4.78 is 7.73. The Kier molecular flexibility index (Phi) is 5.08. The Balaban J connectivity index is 2.08. The third-order valence-electron chi connectivity index (χ3n) is 4.36. The summed E-state index contributed by atoms with van der Waals surface area (Å²) in [5.74, 6) is 2.27. The zero-order valence-electron chi connectivity index (χ0n) is 15.1. The molecule has 4 nitrogen and oxygen atoms in total. The Hall–Kier alpha value is -2.75. The van der Waals surface area contributed by atoms with Crippen LogP contribution >= 0.6 is 0 Å². The van der Waals surface area contributed by atoms with E-state index >= 15 is 0 Å². The van der Waals surface area contributed by atoms with Gasteiger partial charge in [-0.05, 0) is 55.8 Å². The standard InChI is InChI=1S/C21H25N3O/c1-5-22-21-14-20(19-13-18(25-6-2)11-10-16(19)4)24(23-21)17-9-7-8-15(3)12-17/h5,7-14,16,19H,1,6H2,2-4H3,(H,22,23). The average Bonchev–Trinajstić information content (AvgIpc) is 3.01. The highest BCUT2D eigenvalue weighted by Gasteiger charge is 2.25. The average molecular weight is 335 g/mol. The summed E-state index contributed by atoms with van der Waals surface area (Å²) in [7, 11) is 0. The zero-order chi connectivity index (χ0) is 17.8. The van der Waals surface area contributed by atoms with Crippen molar-refractivity contribution in [1.82, 2.24) is 9.78 Å². The van der Waals surface area contributed by atoms with Crippen molar-refractivity contribution in [2.45, 2.75) is 26.7 Å². The van der Waals surface area contributed by atoms with Gasteiger partial charge in [-0.1, -0.05) is 31.7 Å². The van der Waals surface area contributed by atoms with E-state index in [1.54, 1.807) is 6.20 Å². The Morgan fingerprint density at radius 1 is 1.36 bits per heavy atom. The van der Waals surface area contributed by atoms with Crippen LogP contribution in [0, 0.1) is 12.8 Å². The lowest BCUT2D eigenvalue weighted by Crippen LogP contribution is -2.15. The van der Waals surface area contributed by atoms with Crippen molar-refractivity contribution in [3.05, 3.63) is 78.4 Å². The second kappa shape index (κ2) is 7.43. The van der Waals surface area contributed by atoms with E-state index in [0.29, 0.717) is 12.5 Å². The van der Waals surface area contributed by atoms with Gasteiger partial charge in [-0.2, -0.15) is 0 Å². The molecule has 1 aromatic carbocycles. The molecule has 25 heavy (non-hydrogen) atoms. The van der Waals surface area contributed by atoms with E-state index in [-0.39, 0.29) is 5.92 Å². The van der Waals surface area contributed by atoms with Crippen LogP contribution in [0.1, 0.15) is 31.0 Å². The largest absolute Gasteiger partial charge is 0.494 e. The fourth-order valence-corrected chi connectivity index (χ4v) is 3.14. The van der Waals surface area contributed by atoms with Gasteiger partial charge < -0.3 is 10.1 Å². The molecular weight excluding hydrogens is 310 g/mol. The SMILES string of the molecule is C=CNc1cc(C2C=C(OCC)C=CC2C)n(-c2cccc(C)c2)n1. The highest BCUT2D eigenvalue weighted by molar-refractivity contribution is 5.47. The van der Waals surface area contributed by atoms with Gasteiger partial charge in [0.1, 0.15) is 5.76 Å². The summed E-state index contributed by atoms with van der Waals surface area (Å²) in [5, 5.41) is 7.84. The molecule has 1 N–H and O–H groups in total. The van der Waals surface area contributed by atoms with Gasteiger partial charge in [0.2, 0.25) is 0 Å². The number of allylic oxidation sites excluding steroid dienone is 3. The van der Waals surface area contributed by atoms with Gasteiger partial charge in [-0.25, -0.2) is 4.68 Å². The maximum Gasteiger partial charge on any atom is 0.152 e. The van der Waals surface area contributed by atoms with Crippen LogP contribution in [0.15, 0.2) is 67.1 Å². The van der Waals surface area contributed by atoms with E-state index in [9.17, 15) is 0 Å². The number of aromatic nitrogens is 2. The molecule has 0 saturated heterocycles. The monoisotopic (exact) mass is 335 g/mol. The number of hydrogen-bond acceptors (Lipinski definition) is 3. The van der Waals surface area contributed by atoms with E-state index in [1.807, 2.05) is 11.6 Å². The summed E-state index contributed by atoms with van der Waals surface area (Å²) in [6.07, 6.45) is 8.10. The minimum Gasteiger partial charge on any atom is -0.494 e. The zero-order valence-corrected chi connectivity index (χ0v) is 15.1. The molecule has 2 atom stereocenters. The van der Waals surface area contributed by atoms with Crippen molar-refractivity contribution in [2.75, 3.05) is 11.9 Å². The summed E-state index contributed by atoms with van der Waals surface area (Å²) in [5.41, 5.74) is 3.39. The molecule has 4 heteroatoms. The van der Waals surface area contributed by atoms with Gasteiger partial charge in [0.25, 0.3) is 0 Å². The first-order valence-corrected chi connectivity index (χ1v) is 8.69. The van der Waals surface area contributed by atoms with E-state index < -0.39 is 0 Å². The minimum atomic E-state index is 0.194. The number of nitrogens with zero attached hydrogens (tertiary/aromatic N) is 2. The second-order valence-corrected chi connectivity index (χ2v) is 6.30. The topological polar surface area (TPSA) is 39.1 Å². The molecule has 0 bridgehead atoms. The summed E-state index contributed by atoms with van der Waals surface area (Å²) in [4.78, 5) is 0. The summed E-state index contributed by atoms with van der Waals surface area (Å²) in [6, 6.07) is 10.5. The molecular formula is C21H25N3O. The van der Waals surface area contributed by atoms with Crippen molar-refractivity contribution >= 4 is 5.82 Å². The highest BCUT2D eigenvalue weighted by Crippen LogP contribution is 2.35. The van der Waals surface area contributed by atoms with Crippen LogP contribution in [0.2, 0.25) is 0 Å². The smallest absolute Gasteiger partial charge is 0.152 e. The fraction of sp³-hybridized carbons (Fsp3) is 0.286. The lowest BCUT2D eigenvalue weighted by molar-refractivity contribution is 0.237. The first kappa shape index (κ1) is 17.1. The van der Waals surface area contributed by atoms with Gasteiger partial charge in [-0.15, -0.1) is 5.10 Å². The summed E-state index contributed by atoms with van der Waals surface area (Å²) >= 11 is 0. The molecule has 130 valence electrons. The van der Waals surface area contributed by atoms with Crippen molar-refractivity contribution in [3.63, 3.8) is 0 Å².